The summed E-state index contributed by atoms with van der Waals surface area (Å²) in [6, 6.07) is 0. The van der Waals surface area contributed by atoms with E-state index in [9.17, 15) is 4.79 Å². The number of halogens is 1. The van der Waals surface area contributed by atoms with Crippen molar-refractivity contribution in [1.82, 2.24) is 15.1 Å². The maximum Gasteiger partial charge on any atom is 0.231 e. The highest BCUT2D eigenvalue weighted by molar-refractivity contribution is 5.85. The summed E-state index contributed by atoms with van der Waals surface area (Å²) in [4.78, 5) is 17.1. The van der Waals surface area contributed by atoms with E-state index in [1.54, 1.807) is 7.11 Å². The Morgan fingerprint density at radius 1 is 1.21 bits per heavy atom. The monoisotopic (exact) mass is 291 g/mol. The van der Waals surface area contributed by atoms with Gasteiger partial charge in [0.2, 0.25) is 5.91 Å². The first-order chi connectivity index (χ1) is 8.68. The van der Waals surface area contributed by atoms with Crippen molar-refractivity contribution in [1.29, 1.82) is 0 Å². The number of hydrogen-bond donors (Lipinski definition) is 1. The third-order valence-corrected chi connectivity index (χ3v) is 4.23. The summed E-state index contributed by atoms with van der Waals surface area (Å²) < 4.78 is 5.33. The van der Waals surface area contributed by atoms with E-state index in [1.807, 2.05) is 4.90 Å². The molecule has 2 heterocycles. The quantitative estimate of drug-likeness (QED) is 0.807. The van der Waals surface area contributed by atoms with Gasteiger partial charge in [-0.2, -0.15) is 0 Å². The number of piperazine rings is 1. The summed E-state index contributed by atoms with van der Waals surface area (Å²) in [6.45, 7) is 6.06. The second-order valence-corrected chi connectivity index (χ2v) is 5.56. The lowest BCUT2D eigenvalue weighted by molar-refractivity contribution is -0.149. The van der Waals surface area contributed by atoms with E-state index in [4.69, 9.17) is 4.74 Å². The first kappa shape index (κ1) is 16.7. The van der Waals surface area contributed by atoms with Crippen molar-refractivity contribution >= 4 is 18.3 Å². The zero-order valence-electron chi connectivity index (χ0n) is 12.0. The van der Waals surface area contributed by atoms with Gasteiger partial charge in [0.25, 0.3) is 0 Å². The summed E-state index contributed by atoms with van der Waals surface area (Å²) in [5.41, 5.74) is -0.282. The molecule has 112 valence electrons. The number of carbonyl (C=O) groups is 1. The highest BCUT2D eigenvalue weighted by Crippen LogP contribution is 2.31. The molecule has 0 unspecified atom stereocenters. The molecule has 0 radical (unpaired) electrons. The first-order valence-corrected chi connectivity index (χ1v) is 6.85. The van der Waals surface area contributed by atoms with Crippen LogP contribution in [0.5, 0.6) is 0 Å². The predicted molar refractivity (Wildman–Crippen MR) is 77.7 cm³/mol. The van der Waals surface area contributed by atoms with Crippen LogP contribution in [-0.4, -0.2) is 75.7 Å². The molecule has 2 saturated heterocycles. The Hall–Kier alpha value is -0.360. The number of methoxy groups -OCH3 is 1. The molecule has 2 rings (SSSR count). The van der Waals surface area contributed by atoms with Crippen LogP contribution in [0, 0.1) is 5.41 Å². The number of nitrogens with zero attached hydrogens (tertiary/aromatic N) is 2. The average molecular weight is 292 g/mol. The first-order valence-electron chi connectivity index (χ1n) is 6.85. The Balaban J connectivity index is 0.00000180. The fraction of sp³-hybridized carbons (Fsp3) is 0.923. The van der Waals surface area contributed by atoms with Crippen LogP contribution in [0.2, 0.25) is 0 Å². The second kappa shape index (κ2) is 7.43. The SMILES string of the molecule is COCC1(C(=O)N2CCN(C)CC2)CCNCC1.Cl. The van der Waals surface area contributed by atoms with Gasteiger partial charge in [-0.05, 0) is 33.0 Å². The lowest BCUT2D eigenvalue weighted by atomic mass is 9.78. The van der Waals surface area contributed by atoms with Crippen LogP contribution in [0.3, 0.4) is 0 Å². The van der Waals surface area contributed by atoms with E-state index < -0.39 is 0 Å². The van der Waals surface area contributed by atoms with Crippen molar-refractivity contribution in [2.75, 3.05) is 60.0 Å². The fourth-order valence-electron chi connectivity index (χ4n) is 2.95. The van der Waals surface area contributed by atoms with Crippen LogP contribution in [0.4, 0.5) is 0 Å². The molecule has 2 aliphatic rings. The highest BCUT2D eigenvalue weighted by atomic mass is 35.5. The normalized spacial score (nSPS) is 23.8. The standard InChI is InChI=1S/C13H25N3O2.ClH/c1-15-7-9-16(10-8-15)12(17)13(11-18-2)3-5-14-6-4-13;/h14H,3-11H2,1-2H3;1H. The third-order valence-electron chi connectivity index (χ3n) is 4.23. The Bertz CT molecular complexity index is 282. The molecule has 2 fully saturated rings. The van der Waals surface area contributed by atoms with E-state index in [0.29, 0.717) is 12.5 Å². The minimum Gasteiger partial charge on any atom is -0.384 e. The fourth-order valence-corrected chi connectivity index (χ4v) is 2.95. The van der Waals surface area contributed by atoms with Gasteiger partial charge in [0.05, 0.1) is 12.0 Å². The lowest BCUT2D eigenvalue weighted by Crippen LogP contribution is -2.56. The van der Waals surface area contributed by atoms with Gasteiger partial charge in [-0.1, -0.05) is 0 Å². The molecule has 0 spiro atoms. The molecule has 0 bridgehead atoms. The van der Waals surface area contributed by atoms with Crippen molar-refractivity contribution in [3.05, 3.63) is 0 Å². The highest BCUT2D eigenvalue weighted by Gasteiger charge is 2.42. The van der Waals surface area contributed by atoms with Gasteiger partial charge in [0.15, 0.2) is 0 Å². The predicted octanol–water partition coefficient (Wildman–Crippen LogP) is 0.198. The Morgan fingerprint density at radius 3 is 2.32 bits per heavy atom. The molecule has 1 N–H and O–H groups in total. The minimum absolute atomic E-state index is 0. The molecule has 6 heteroatoms. The van der Waals surface area contributed by atoms with E-state index in [-0.39, 0.29) is 17.8 Å². The van der Waals surface area contributed by atoms with Gasteiger partial charge in [0.1, 0.15) is 0 Å². The van der Waals surface area contributed by atoms with Crippen molar-refractivity contribution in [2.45, 2.75) is 12.8 Å². The van der Waals surface area contributed by atoms with Gasteiger partial charge < -0.3 is 19.9 Å². The van der Waals surface area contributed by atoms with Crippen molar-refractivity contribution in [3.63, 3.8) is 0 Å². The van der Waals surface area contributed by atoms with E-state index in [0.717, 1.165) is 52.1 Å². The number of nitrogens with one attached hydrogen (secondary N) is 1. The molecule has 0 aromatic heterocycles. The summed E-state index contributed by atoms with van der Waals surface area (Å²) in [5, 5.41) is 3.33. The van der Waals surface area contributed by atoms with Gasteiger partial charge in [0, 0.05) is 33.3 Å². The Labute approximate surface area is 122 Å². The number of carbonyl (C=O) groups excluding carboxylic acids is 1. The molecular formula is C13H26ClN3O2. The Morgan fingerprint density at radius 2 is 1.79 bits per heavy atom. The molecule has 1 amide bonds. The number of rotatable bonds is 3. The second-order valence-electron chi connectivity index (χ2n) is 5.56. The maximum atomic E-state index is 12.8. The molecule has 0 aliphatic carbocycles. The zero-order chi connectivity index (χ0) is 13.0. The van der Waals surface area contributed by atoms with Crippen molar-refractivity contribution in [2.24, 2.45) is 5.41 Å². The molecule has 2 aliphatic heterocycles. The smallest absolute Gasteiger partial charge is 0.231 e. The summed E-state index contributed by atoms with van der Waals surface area (Å²) in [7, 11) is 3.80. The van der Waals surface area contributed by atoms with Crippen LogP contribution < -0.4 is 5.32 Å². The summed E-state index contributed by atoms with van der Waals surface area (Å²) in [6.07, 6.45) is 1.79. The van der Waals surface area contributed by atoms with Gasteiger partial charge >= 0.3 is 0 Å². The molecule has 0 saturated carbocycles. The lowest BCUT2D eigenvalue weighted by Gasteiger charge is -2.42. The number of amides is 1. The molecule has 19 heavy (non-hydrogen) atoms. The largest absolute Gasteiger partial charge is 0.384 e. The van der Waals surface area contributed by atoms with Crippen molar-refractivity contribution < 1.29 is 9.53 Å². The number of hydrogen-bond acceptors (Lipinski definition) is 4. The number of ether oxygens (including phenoxy) is 1. The summed E-state index contributed by atoms with van der Waals surface area (Å²) >= 11 is 0. The van der Waals surface area contributed by atoms with Crippen LogP contribution in [0.15, 0.2) is 0 Å². The minimum atomic E-state index is -0.282. The van der Waals surface area contributed by atoms with Crippen molar-refractivity contribution in [3.8, 4) is 0 Å². The van der Waals surface area contributed by atoms with Crippen LogP contribution in [0.25, 0.3) is 0 Å². The van der Waals surface area contributed by atoms with Gasteiger partial charge in [-0.3, -0.25) is 4.79 Å². The molecule has 0 atom stereocenters. The van der Waals surface area contributed by atoms with Gasteiger partial charge in [-0.25, -0.2) is 0 Å². The van der Waals surface area contributed by atoms with Crippen LogP contribution in [0.1, 0.15) is 12.8 Å². The van der Waals surface area contributed by atoms with E-state index in [2.05, 4.69) is 17.3 Å². The molecule has 0 aromatic rings. The van der Waals surface area contributed by atoms with E-state index in [1.165, 1.54) is 0 Å². The third kappa shape index (κ3) is 3.81. The molecule has 5 nitrogen and oxygen atoms in total. The number of piperidine rings is 1. The average Bonchev–Trinajstić information content (AvgIpc) is 2.40. The van der Waals surface area contributed by atoms with Crippen LogP contribution in [-0.2, 0) is 9.53 Å². The molecule has 0 aromatic carbocycles. The maximum absolute atomic E-state index is 12.8. The van der Waals surface area contributed by atoms with Gasteiger partial charge in [-0.15, -0.1) is 12.4 Å². The topological polar surface area (TPSA) is 44.8 Å². The summed E-state index contributed by atoms with van der Waals surface area (Å²) in [5.74, 6) is 0.305. The van der Waals surface area contributed by atoms with Crippen LogP contribution >= 0.6 is 12.4 Å². The zero-order valence-corrected chi connectivity index (χ0v) is 12.8. The Kier molecular flexibility index (Phi) is 6.53. The van der Waals surface area contributed by atoms with E-state index >= 15 is 0 Å². The molecular weight excluding hydrogens is 266 g/mol. The number of likely N-dealkylation sites (N-methyl/N-ethyl adjacent to an activating group) is 1.